The third kappa shape index (κ3) is 3.77. The first-order valence-corrected chi connectivity index (χ1v) is 6.47. The van der Waals surface area contributed by atoms with Crippen molar-refractivity contribution in [2.75, 3.05) is 13.2 Å². The smallest absolute Gasteiger partial charge is 0.144 e. The summed E-state index contributed by atoms with van der Waals surface area (Å²) in [6, 6.07) is 3.12. The summed E-state index contributed by atoms with van der Waals surface area (Å²) in [5, 5.41) is 0. The Morgan fingerprint density at radius 2 is 2.00 bits per heavy atom. The fourth-order valence-corrected chi connectivity index (χ4v) is 2.17. The summed E-state index contributed by atoms with van der Waals surface area (Å²) in [5.74, 6) is 0.509. The minimum Gasteiger partial charge on any atom is -0.381 e. The van der Waals surface area contributed by atoms with Crippen molar-refractivity contribution in [1.82, 2.24) is 4.98 Å². The predicted molar refractivity (Wildman–Crippen MR) is 67.5 cm³/mol. The molecule has 0 saturated carbocycles. The second-order valence-electron chi connectivity index (χ2n) is 4.11. The van der Waals surface area contributed by atoms with Gasteiger partial charge in [-0.25, -0.2) is 4.39 Å². The van der Waals surface area contributed by atoms with Gasteiger partial charge in [-0.15, -0.1) is 0 Å². The Morgan fingerprint density at radius 1 is 1.35 bits per heavy atom. The lowest BCUT2D eigenvalue weighted by molar-refractivity contribution is 0.0588. The first-order valence-electron chi connectivity index (χ1n) is 6.47. The molecular weight excluding hydrogens is 217 g/mol. The van der Waals surface area contributed by atoms with E-state index in [4.69, 9.17) is 4.74 Å². The lowest BCUT2D eigenvalue weighted by atomic mass is 9.85. The highest BCUT2D eigenvalue weighted by Gasteiger charge is 2.24. The summed E-state index contributed by atoms with van der Waals surface area (Å²) in [6.45, 7) is 7.65. The minimum atomic E-state index is -0.184. The van der Waals surface area contributed by atoms with Crippen molar-refractivity contribution >= 4 is 0 Å². The molecule has 2 heterocycles. The summed E-state index contributed by atoms with van der Waals surface area (Å²) in [6.07, 6.45) is 3.68. The van der Waals surface area contributed by atoms with Crippen molar-refractivity contribution in [2.45, 2.75) is 39.5 Å². The molecule has 1 atom stereocenters. The van der Waals surface area contributed by atoms with Gasteiger partial charge in [-0.2, -0.15) is 0 Å². The van der Waals surface area contributed by atoms with Crippen LogP contribution in [0.15, 0.2) is 18.3 Å². The molecule has 0 amide bonds. The van der Waals surface area contributed by atoms with E-state index in [-0.39, 0.29) is 11.7 Å². The zero-order chi connectivity index (χ0) is 12.7. The van der Waals surface area contributed by atoms with Gasteiger partial charge in [0.05, 0.1) is 5.69 Å². The van der Waals surface area contributed by atoms with Gasteiger partial charge in [0.25, 0.3) is 0 Å². The summed E-state index contributed by atoms with van der Waals surface area (Å²) < 4.78 is 18.8. The fourth-order valence-electron chi connectivity index (χ4n) is 2.17. The quantitative estimate of drug-likeness (QED) is 0.783. The van der Waals surface area contributed by atoms with E-state index in [9.17, 15) is 4.39 Å². The van der Waals surface area contributed by atoms with Crippen LogP contribution < -0.4 is 0 Å². The normalized spacial score (nSPS) is 18.1. The van der Waals surface area contributed by atoms with Crippen molar-refractivity contribution in [3.63, 3.8) is 0 Å². The molecule has 96 valence electrons. The molecule has 17 heavy (non-hydrogen) atoms. The van der Waals surface area contributed by atoms with E-state index in [1.807, 2.05) is 13.8 Å². The van der Waals surface area contributed by atoms with E-state index in [2.05, 4.69) is 11.9 Å². The fraction of sp³-hybridized carbons (Fsp3) is 0.643. The van der Waals surface area contributed by atoms with Gasteiger partial charge in [-0.3, -0.25) is 4.98 Å². The zero-order valence-electron chi connectivity index (χ0n) is 10.9. The monoisotopic (exact) mass is 239 g/mol. The summed E-state index contributed by atoms with van der Waals surface area (Å²) in [4.78, 5) is 4.14. The minimum absolute atomic E-state index is 0.184. The van der Waals surface area contributed by atoms with E-state index in [1.165, 1.54) is 6.07 Å². The molecule has 0 bridgehead atoms. The number of pyridine rings is 1. The van der Waals surface area contributed by atoms with E-state index < -0.39 is 0 Å². The standard InChI is InChI=1S/C12H16FNO.C2H6/c1-9(10-4-7-15-8-5-10)12-11(13)3-2-6-14-12;1-2/h2-3,6,9-10H,4-5,7-8H2,1H3;1-2H3/t9-;/m0./s1. The molecule has 0 unspecified atom stereocenters. The van der Waals surface area contributed by atoms with Gasteiger partial charge >= 0.3 is 0 Å². The Bertz CT molecular complexity index is 324. The number of aromatic nitrogens is 1. The lowest BCUT2D eigenvalue weighted by Gasteiger charge is -2.27. The summed E-state index contributed by atoms with van der Waals surface area (Å²) in [7, 11) is 0. The van der Waals surface area contributed by atoms with Crippen LogP contribution in [0.1, 0.15) is 45.2 Å². The molecule has 1 aliphatic rings. The molecule has 1 fully saturated rings. The number of halogens is 1. The molecule has 1 aliphatic heterocycles. The third-order valence-electron chi connectivity index (χ3n) is 3.19. The van der Waals surface area contributed by atoms with Crippen molar-refractivity contribution in [3.05, 3.63) is 29.8 Å². The maximum Gasteiger partial charge on any atom is 0.144 e. The van der Waals surface area contributed by atoms with E-state index >= 15 is 0 Å². The van der Waals surface area contributed by atoms with Crippen molar-refractivity contribution in [2.24, 2.45) is 5.92 Å². The maximum atomic E-state index is 13.5. The molecule has 0 aliphatic carbocycles. The number of ether oxygens (including phenoxy) is 1. The average molecular weight is 239 g/mol. The van der Waals surface area contributed by atoms with Gasteiger partial charge < -0.3 is 4.74 Å². The van der Waals surface area contributed by atoms with Crippen LogP contribution in [0.25, 0.3) is 0 Å². The van der Waals surface area contributed by atoms with Gasteiger partial charge in [-0.05, 0) is 30.9 Å². The molecule has 2 nitrogen and oxygen atoms in total. The Labute approximate surface area is 103 Å². The van der Waals surface area contributed by atoms with Gasteiger partial charge in [0, 0.05) is 25.3 Å². The molecule has 1 aromatic heterocycles. The molecule has 0 radical (unpaired) electrons. The van der Waals surface area contributed by atoms with Crippen molar-refractivity contribution in [1.29, 1.82) is 0 Å². The maximum absolute atomic E-state index is 13.5. The highest BCUT2D eigenvalue weighted by molar-refractivity contribution is 5.12. The van der Waals surface area contributed by atoms with Gasteiger partial charge in [0.1, 0.15) is 5.82 Å². The van der Waals surface area contributed by atoms with Crippen LogP contribution in [-0.4, -0.2) is 18.2 Å². The van der Waals surface area contributed by atoms with E-state index in [0.717, 1.165) is 26.1 Å². The van der Waals surface area contributed by atoms with Crippen LogP contribution in [0.4, 0.5) is 4.39 Å². The zero-order valence-corrected chi connectivity index (χ0v) is 10.9. The predicted octanol–water partition coefficient (Wildman–Crippen LogP) is 3.78. The van der Waals surface area contributed by atoms with Gasteiger partial charge in [-0.1, -0.05) is 20.8 Å². The molecule has 0 N–H and O–H groups in total. The summed E-state index contributed by atoms with van der Waals surface area (Å²) in [5.41, 5.74) is 0.601. The van der Waals surface area contributed by atoms with Crippen LogP contribution in [0.5, 0.6) is 0 Å². The third-order valence-corrected chi connectivity index (χ3v) is 3.19. The molecule has 3 heteroatoms. The van der Waals surface area contributed by atoms with E-state index in [1.54, 1.807) is 12.3 Å². The molecule has 1 aromatic rings. The number of hydrogen-bond donors (Lipinski definition) is 0. The second-order valence-corrected chi connectivity index (χ2v) is 4.11. The van der Waals surface area contributed by atoms with Crippen LogP contribution >= 0.6 is 0 Å². The molecule has 1 saturated heterocycles. The van der Waals surface area contributed by atoms with E-state index in [0.29, 0.717) is 11.6 Å². The number of rotatable bonds is 2. The van der Waals surface area contributed by atoms with Crippen molar-refractivity contribution < 1.29 is 9.13 Å². The van der Waals surface area contributed by atoms with Crippen LogP contribution in [-0.2, 0) is 4.74 Å². The second kappa shape index (κ2) is 7.38. The lowest BCUT2D eigenvalue weighted by Crippen LogP contribution is -2.21. The number of nitrogens with zero attached hydrogens (tertiary/aromatic N) is 1. The summed E-state index contributed by atoms with van der Waals surface area (Å²) >= 11 is 0. The average Bonchev–Trinajstić information content (AvgIpc) is 2.42. The number of hydrogen-bond acceptors (Lipinski definition) is 2. The van der Waals surface area contributed by atoms with Gasteiger partial charge in [0.15, 0.2) is 0 Å². The molecular formula is C14H22FNO. The van der Waals surface area contributed by atoms with Gasteiger partial charge in [0.2, 0.25) is 0 Å². The highest BCUT2D eigenvalue weighted by atomic mass is 19.1. The SMILES string of the molecule is CC.C[C@H](c1ncccc1F)C1CCOCC1. The topological polar surface area (TPSA) is 22.1 Å². The largest absolute Gasteiger partial charge is 0.381 e. The first-order chi connectivity index (χ1) is 8.29. The highest BCUT2D eigenvalue weighted by Crippen LogP contribution is 2.31. The Morgan fingerprint density at radius 3 is 2.59 bits per heavy atom. The first kappa shape index (κ1) is 14.1. The molecule has 0 aromatic carbocycles. The molecule has 0 spiro atoms. The Kier molecular flexibility index (Phi) is 6.12. The van der Waals surface area contributed by atoms with Crippen LogP contribution in [0.2, 0.25) is 0 Å². The Hall–Kier alpha value is -0.960. The van der Waals surface area contributed by atoms with Crippen LogP contribution in [0, 0.1) is 11.7 Å². The molecule has 2 rings (SSSR count). The van der Waals surface area contributed by atoms with Crippen LogP contribution in [0.3, 0.4) is 0 Å². The van der Waals surface area contributed by atoms with Crippen molar-refractivity contribution in [3.8, 4) is 0 Å². The Balaban J connectivity index is 0.000000686.